The number of carbonyl (C=O) groups is 2. The fourth-order valence-corrected chi connectivity index (χ4v) is 1.78. The van der Waals surface area contributed by atoms with E-state index < -0.39 is 0 Å². The van der Waals surface area contributed by atoms with Crippen molar-refractivity contribution in [2.45, 2.75) is 13.8 Å². The first-order valence-corrected chi connectivity index (χ1v) is 7.67. The summed E-state index contributed by atoms with van der Waals surface area (Å²) in [4.78, 5) is 22.5. The number of amides is 1. The molecule has 1 aromatic rings. The van der Waals surface area contributed by atoms with Crippen LogP contribution < -0.4 is 5.32 Å². The monoisotopic (exact) mass is 323 g/mol. The Balaban J connectivity index is 1.93. The molecule has 1 N–H and O–H groups in total. The first-order valence-electron chi connectivity index (χ1n) is 7.67. The van der Waals surface area contributed by atoms with Crippen LogP contribution in [0.5, 0.6) is 0 Å². The maximum atomic E-state index is 11.9. The molecule has 1 amide bonds. The van der Waals surface area contributed by atoms with Crippen LogP contribution in [0.4, 0.5) is 0 Å². The normalized spacial score (nSPS) is 10.5. The van der Waals surface area contributed by atoms with Gasteiger partial charge in [-0.05, 0) is 26.0 Å². The molecule has 128 valence electrons. The van der Waals surface area contributed by atoms with Gasteiger partial charge in [0.15, 0.2) is 5.78 Å². The lowest BCUT2D eigenvalue weighted by Crippen LogP contribution is -2.27. The van der Waals surface area contributed by atoms with Gasteiger partial charge in [-0.1, -0.05) is 17.7 Å². The molecule has 0 bridgehead atoms. The lowest BCUT2D eigenvalue weighted by atomic mass is 10.1. The molecule has 0 saturated carbocycles. The zero-order valence-electron chi connectivity index (χ0n) is 13.8. The van der Waals surface area contributed by atoms with Crippen molar-refractivity contribution < 1.29 is 23.8 Å². The van der Waals surface area contributed by atoms with Gasteiger partial charge in [0.2, 0.25) is 0 Å². The Bertz CT molecular complexity index is 490. The van der Waals surface area contributed by atoms with Gasteiger partial charge in [-0.2, -0.15) is 0 Å². The van der Waals surface area contributed by atoms with Gasteiger partial charge < -0.3 is 19.5 Å². The van der Waals surface area contributed by atoms with Crippen molar-refractivity contribution in [3.63, 3.8) is 0 Å². The predicted molar refractivity (Wildman–Crippen MR) is 86.7 cm³/mol. The fourth-order valence-electron chi connectivity index (χ4n) is 1.78. The Morgan fingerprint density at radius 3 is 2.30 bits per heavy atom. The average Bonchev–Trinajstić information content (AvgIpc) is 2.52. The molecule has 0 aliphatic rings. The highest BCUT2D eigenvalue weighted by molar-refractivity contribution is 5.94. The molecule has 1 rings (SSSR count). The van der Waals surface area contributed by atoms with Crippen molar-refractivity contribution in [3.8, 4) is 0 Å². The predicted octanol–water partition coefficient (Wildman–Crippen LogP) is 1.36. The molecule has 0 saturated heterocycles. The van der Waals surface area contributed by atoms with Gasteiger partial charge in [0.25, 0.3) is 5.91 Å². The smallest absolute Gasteiger partial charge is 0.251 e. The summed E-state index contributed by atoms with van der Waals surface area (Å²) in [7, 11) is 0. The molecule has 23 heavy (non-hydrogen) atoms. The number of Topliss-reactive ketones (excluding diaryl/α,β-unsaturated/α-hetero) is 1. The number of ether oxygens (including phenoxy) is 3. The standard InChI is InChI=1S/C17H25NO5/c1-14-4-3-5-16(12-14)17(20)18-6-7-21-8-9-22-10-11-23-13-15(2)19/h3-5,12H,6-11,13H2,1-2H3,(H,18,20). The Morgan fingerprint density at radius 2 is 1.65 bits per heavy atom. The quantitative estimate of drug-likeness (QED) is 0.588. The van der Waals surface area contributed by atoms with Crippen molar-refractivity contribution in [1.29, 1.82) is 0 Å². The molecule has 0 unspecified atom stereocenters. The van der Waals surface area contributed by atoms with Gasteiger partial charge in [0.1, 0.15) is 6.61 Å². The summed E-state index contributed by atoms with van der Waals surface area (Å²) >= 11 is 0. The topological polar surface area (TPSA) is 73.9 Å². The van der Waals surface area contributed by atoms with E-state index in [0.29, 0.717) is 45.1 Å². The van der Waals surface area contributed by atoms with E-state index in [-0.39, 0.29) is 18.3 Å². The third-order valence-electron chi connectivity index (χ3n) is 2.86. The van der Waals surface area contributed by atoms with E-state index >= 15 is 0 Å². The molecular formula is C17H25NO5. The minimum Gasteiger partial charge on any atom is -0.377 e. The number of hydrogen-bond donors (Lipinski definition) is 1. The van der Waals surface area contributed by atoms with Crippen LogP contribution in [0.15, 0.2) is 24.3 Å². The van der Waals surface area contributed by atoms with E-state index in [2.05, 4.69) is 5.32 Å². The van der Waals surface area contributed by atoms with Gasteiger partial charge in [-0.15, -0.1) is 0 Å². The Morgan fingerprint density at radius 1 is 1.00 bits per heavy atom. The van der Waals surface area contributed by atoms with E-state index in [1.54, 1.807) is 6.07 Å². The summed E-state index contributed by atoms with van der Waals surface area (Å²) in [6.07, 6.45) is 0. The molecular weight excluding hydrogens is 298 g/mol. The first kappa shape index (κ1) is 19.3. The number of hydrogen-bond acceptors (Lipinski definition) is 5. The maximum absolute atomic E-state index is 11.9. The summed E-state index contributed by atoms with van der Waals surface area (Å²) in [5, 5.41) is 2.80. The van der Waals surface area contributed by atoms with Gasteiger partial charge in [-0.3, -0.25) is 9.59 Å². The largest absolute Gasteiger partial charge is 0.377 e. The summed E-state index contributed by atoms with van der Waals surface area (Å²) in [5.74, 6) is -0.0998. The number of ketones is 1. The Hall–Kier alpha value is -1.76. The third-order valence-corrected chi connectivity index (χ3v) is 2.86. The second-order valence-corrected chi connectivity index (χ2v) is 5.10. The molecule has 0 radical (unpaired) electrons. The summed E-state index contributed by atoms with van der Waals surface area (Å²) in [5.41, 5.74) is 1.71. The highest BCUT2D eigenvalue weighted by Crippen LogP contribution is 2.03. The molecule has 6 heteroatoms. The van der Waals surface area contributed by atoms with Gasteiger partial charge in [0, 0.05) is 12.1 Å². The number of carbonyl (C=O) groups excluding carboxylic acids is 2. The van der Waals surface area contributed by atoms with Crippen LogP contribution in [0, 0.1) is 6.92 Å². The van der Waals surface area contributed by atoms with Crippen molar-refractivity contribution in [3.05, 3.63) is 35.4 Å². The van der Waals surface area contributed by atoms with Crippen molar-refractivity contribution in [2.75, 3.05) is 46.2 Å². The van der Waals surface area contributed by atoms with E-state index in [0.717, 1.165) is 5.56 Å². The lowest BCUT2D eigenvalue weighted by molar-refractivity contribution is -0.122. The van der Waals surface area contributed by atoms with Gasteiger partial charge in [0.05, 0.1) is 33.0 Å². The average molecular weight is 323 g/mol. The van der Waals surface area contributed by atoms with Crippen molar-refractivity contribution in [1.82, 2.24) is 5.32 Å². The molecule has 0 aliphatic carbocycles. The Labute approximate surface area is 137 Å². The van der Waals surface area contributed by atoms with Crippen LogP contribution in [0.25, 0.3) is 0 Å². The molecule has 1 aromatic carbocycles. The van der Waals surface area contributed by atoms with E-state index in [1.165, 1.54) is 6.92 Å². The number of rotatable bonds is 12. The summed E-state index contributed by atoms with van der Waals surface area (Å²) < 4.78 is 15.7. The molecule has 6 nitrogen and oxygen atoms in total. The highest BCUT2D eigenvalue weighted by atomic mass is 16.5. The molecule has 0 heterocycles. The fraction of sp³-hybridized carbons (Fsp3) is 0.529. The number of benzene rings is 1. The molecule has 0 spiro atoms. The number of nitrogens with one attached hydrogen (secondary N) is 1. The van der Waals surface area contributed by atoms with E-state index in [9.17, 15) is 9.59 Å². The second kappa shape index (κ2) is 11.8. The molecule has 0 aliphatic heterocycles. The highest BCUT2D eigenvalue weighted by Gasteiger charge is 2.04. The molecule has 0 aromatic heterocycles. The minimum absolute atomic E-state index is 0.000966. The second-order valence-electron chi connectivity index (χ2n) is 5.10. The molecule has 0 fully saturated rings. The van der Waals surface area contributed by atoms with E-state index in [4.69, 9.17) is 14.2 Å². The molecule has 0 atom stereocenters. The Kier molecular flexibility index (Phi) is 9.86. The SMILES string of the molecule is CC(=O)COCCOCCOCCNC(=O)c1cccc(C)c1. The zero-order valence-corrected chi connectivity index (χ0v) is 13.8. The van der Waals surface area contributed by atoms with Crippen LogP contribution in [-0.4, -0.2) is 57.9 Å². The van der Waals surface area contributed by atoms with Gasteiger partial charge >= 0.3 is 0 Å². The van der Waals surface area contributed by atoms with Crippen LogP contribution in [0.1, 0.15) is 22.8 Å². The van der Waals surface area contributed by atoms with Crippen LogP contribution in [0.3, 0.4) is 0 Å². The zero-order chi connectivity index (χ0) is 16.9. The minimum atomic E-state index is -0.101. The van der Waals surface area contributed by atoms with Crippen LogP contribution in [0.2, 0.25) is 0 Å². The van der Waals surface area contributed by atoms with Crippen LogP contribution in [-0.2, 0) is 19.0 Å². The summed E-state index contributed by atoms with van der Waals surface area (Å²) in [6, 6.07) is 7.44. The maximum Gasteiger partial charge on any atom is 0.251 e. The van der Waals surface area contributed by atoms with Crippen molar-refractivity contribution >= 4 is 11.7 Å². The van der Waals surface area contributed by atoms with Crippen LogP contribution >= 0.6 is 0 Å². The number of aryl methyl sites for hydroxylation is 1. The van der Waals surface area contributed by atoms with Crippen molar-refractivity contribution in [2.24, 2.45) is 0 Å². The summed E-state index contributed by atoms with van der Waals surface area (Å²) in [6.45, 7) is 6.17. The lowest BCUT2D eigenvalue weighted by Gasteiger charge is -2.08. The van der Waals surface area contributed by atoms with E-state index in [1.807, 2.05) is 25.1 Å². The van der Waals surface area contributed by atoms with Gasteiger partial charge in [-0.25, -0.2) is 0 Å². The third kappa shape index (κ3) is 9.78. The first-order chi connectivity index (χ1) is 11.1.